The number of hydrogen-bond donors (Lipinski definition) is 0. The highest BCUT2D eigenvalue weighted by atomic mass is 19.3. The molecule has 0 fully saturated rings. The number of aromatic nitrogens is 3. The first kappa shape index (κ1) is 8.76. The first-order valence-corrected chi connectivity index (χ1v) is 3.22. The molecule has 6 heteroatoms. The lowest BCUT2D eigenvalue weighted by Gasteiger charge is -1.98. The van der Waals surface area contributed by atoms with Crippen molar-refractivity contribution >= 4 is 5.78 Å². The monoisotopic (exact) mass is 175 g/mol. The number of halogens is 2. The SMILES string of the molecule is Cc1nnc(C(=O)C(F)F)n1C. The maximum atomic E-state index is 11.9. The fourth-order valence-corrected chi connectivity index (χ4v) is 0.719. The summed E-state index contributed by atoms with van der Waals surface area (Å²) in [6, 6.07) is 0. The Labute approximate surface area is 67.2 Å². The number of aryl methyl sites for hydroxylation is 1. The second kappa shape index (κ2) is 2.96. The molecule has 0 saturated carbocycles. The number of ketones is 1. The average molecular weight is 175 g/mol. The van der Waals surface area contributed by atoms with Crippen molar-refractivity contribution in [1.29, 1.82) is 0 Å². The van der Waals surface area contributed by atoms with Gasteiger partial charge in [-0.2, -0.15) is 0 Å². The predicted molar refractivity (Wildman–Crippen MR) is 36.1 cm³/mol. The Bertz CT molecular complexity index is 308. The van der Waals surface area contributed by atoms with Gasteiger partial charge < -0.3 is 4.57 Å². The molecule has 0 aliphatic rings. The predicted octanol–water partition coefficient (Wildman–Crippen LogP) is 0.571. The zero-order valence-corrected chi connectivity index (χ0v) is 6.58. The Kier molecular flexibility index (Phi) is 2.16. The normalized spacial score (nSPS) is 10.8. The van der Waals surface area contributed by atoms with Crippen LogP contribution in [0.25, 0.3) is 0 Å². The highest BCUT2D eigenvalue weighted by Crippen LogP contribution is 2.05. The Morgan fingerprint density at radius 1 is 1.50 bits per heavy atom. The van der Waals surface area contributed by atoms with Gasteiger partial charge in [-0.1, -0.05) is 0 Å². The van der Waals surface area contributed by atoms with Crippen molar-refractivity contribution in [2.45, 2.75) is 13.3 Å². The molecule has 12 heavy (non-hydrogen) atoms. The third kappa shape index (κ3) is 1.32. The second-order valence-electron chi connectivity index (χ2n) is 2.29. The summed E-state index contributed by atoms with van der Waals surface area (Å²) >= 11 is 0. The van der Waals surface area contributed by atoms with Gasteiger partial charge in [0.2, 0.25) is 5.82 Å². The molecular formula is C6H7F2N3O. The summed E-state index contributed by atoms with van der Waals surface area (Å²) in [5, 5.41) is 6.80. The Morgan fingerprint density at radius 3 is 2.42 bits per heavy atom. The lowest BCUT2D eigenvalue weighted by molar-refractivity contribution is 0.0663. The van der Waals surface area contributed by atoms with E-state index in [4.69, 9.17) is 0 Å². The van der Waals surface area contributed by atoms with Crippen LogP contribution in [0, 0.1) is 6.92 Å². The fraction of sp³-hybridized carbons (Fsp3) is 0.500. The van der Waals surface area contributed by atoms with Crippen molar-refractivity contribution in [2.24, 2.45) is 7.05 Å². The standard InChI is InChI=1S/C6H7F2N3O/c1-3-9-10-6(11(3)2)4(12)5(7)8/h5H,1-2H3. The lowest BCUT2D eigenvalue weighted by Crippen LogP contribution is -2.16. The Morgan fingerprint density at radius 2 is 2.08 bits per heavy atom. The van der Waals surface area contributed by atoms with Crippen LogP contribution >= 0.6 is 0 Å². The molecule has 0 aliphatic heterocycles. The van der Waals surface area contributed by atoms with Crippen LogP contribution in [0.15, 0.2) is 0 Å². The summed E-state index contributed by atoms with van der Waals surface area (Å²) in [5.41, 5.74) is 0. The van der Waals surface area contributed by atoms with Crippen molar-refractivity contribution < 1.29 is 13.6 Å². The van der Waals surface area contributed by atoms with E-state index in [9.17, 15) is 13.6 Å². The first-order chi connectivity index (χ1) is 5.54. The molecule has 1 rings (SSSR count). The molecule has 4 nitrogen and oxygen atoms in total. The molecule has 66 valence electrons. The Hall–Kier alpha value is -1.33. The van der Waals surface area contributed by atoms with Gasteiger partial charge in [-0.3, -0.25) is 4.79 Å². The summed E-state index contributed by atoms with van der Waals surface area (Å²) < 4.78 is 25.0. The molecule has 1 heterocycles. The molecule has 1 aromatic rings. The van der Waals surface area contributed by atoms with E-state index in [1.165, 1.54) is 11.6 Å². The molecule has 0 N–H and O–H groups in total. The number of hydrogen-bond acceptors (Lipinski definition) is 3. The molecule has 1 aromatic heterocycles. The average Bonchev–Trinajstić information content (AvgIpc) is 2.32. The molecule has 0 bridgehead atoms. The van der Waals surface area contributed by atoms with Crippen molar-refractivity contribution in [2.75, 3.05) is 0 Å². The van der Waals surface area contributed by atoms with E-state index in [1.807, 2.05) is 0 Å². The van der Waals surface area contributed by atoms with E-state index in [-0.39, 0.29) is 5.82 Å². The van der Waals surface area contributed by atoms with E-state index >= 15 is 0 Å². The summed E-state index contributed by atoms with van der Waals surface area (Å²) in [6.45, 7) is 1.58. The van der Waals surface area contributed by atoms with Crippen molar-refractivity contribution in [3.05, 3.63) is 11.6 Å². The van der Waals surface area contributed by atoms with Gasteiger partial charge in [0.25, 0.3) is 5.78 Å². The van der Waals surface area contributed by atoms with Crippen LogP contribution in [0.4, 0.5) is 8.78 Å². The summed E-state index contributed by atoms with van der Waals surface area (Å²) in [7, 11) is 1.46. The van der Waals surface area contributed by atoms with Crippen LogP contribution in [0.5, 0.6) is 0 Å². The molecule has 0 aromatic carbocycles. The topological polar surface area (TPSA) is 47.8 Å². The molecule has 0 spiro atoms. The highest BCUT2D eigenvalue weighted by molar-refractivity contribution is 5.95. The third-order valence-electron chi connectivity index (χ3n) is 1.51. The molecular weight excluding hydrogens is 168 g/mol. The number of carbonyl (C=O) groups is 1. The molecule has 0 saturated heterocycles. The van der Waals surface area contributed by atoms with Gasteiger partial charge in [-0.25, -0.2) is 8.78 Å². The molecule has 0 atom stereocenters. The van der Waals surface area contributed by atoms with Crippen LogP contribution in [-0.4, -0.2) is 27.0 Å². The smallest absolute Gasteiger partial charge is 0.303 e. The number of Topliss-reactive ketones (excluding diaryl/α,β-unsaturated/α-hetero) is 1. The van der Waals surface area contributed by atoms with Gasteiger partial charge in [0.1, 0.15) is 5.82 Å². The van der Waals surface area contributed by atoms with Crippen molar-refractivity contribution in [3.63, 3.8) is 0 Å². The quantitative estimate of drug-likeness (QED) is 0.617. The zero-order chi connectivity index (χ0) is 9.30. The number of carbonyl (C=O) groups excluding carboxylic acids is 1. The van der Waals surface area contributed by atoms with Crippen LogP contribution < -0.4 is 0 Å². The number of rotatable bonds is 2. The van der Waals surface area contributed by atoms with E-state index in [1.54, 1.807) is 6.92 Å². The molecule has 0 unspecified atom stereocenters. The Balaban J connectivity index is 3.04. The zero-order valence-electron chi connectivity index (χ0n) is 6.58. The van der Waals surface area contributed by atoms with Crippen LogP contribution in [0.1, 0.15) is 16.4 Å². The second-order valence-corrected chi connectivity index (χ2v) is 2.29. The fourth-order valence-electron chi connectivity index (χ4n) is 0.719. The molecule has 0 aliphatic carbocycles. The minimum atomic E-state index is -3.02. The van der Waals surface area contributed by atoms with E-state index < -0.39 is 12.2 Å². The largest absolute Gasteiger partial charge is 0.312 e. The summed E-state index contributed by atoms with van der Waals surface area (Å²) in [5.74, 6) is -1.17. The highest BCUT2D eigenvalue weighted by Gasteiger charge is 2.23. The van der Waals surface area contributed by atoms with Crippen LogP contribution in [0.2, 0.25) is 0 Å². The van der Waals surface area contributed by atoms with Gasteiger partial charge in [-0.05, 0) is 6.92 Å². The lowest BCUT2D eigenvalue weighted by atomic mass is 10.4. The molecule has 0 radical (unpaired) electrons. The van der Waals surface area contributed by atoms with Gasteiger partial charge >= 0.3 is 6.43 Å². The van der Waals surface area contributed by atoms with Gasteiger partial charge in [-0.15, -0.1) is 10.2 Å². The van der Waals surface area contributed by atoms with Crippen molar-refractivity contribution in [1.82, 2.24) is 14.8 Å². The maximum absolute atomic E-state index is 11.9. The van der Waals surface area contributed by atoms with Gasteiger partial charge in [0.15, 0.2) is 0 Å². The number of alkyl halides is 2. The van der Waals surface area contributed by atoms with Crippen molar-refractivity contribution in [3.8, 4) is 0 Å². The van der Waals surface area contributed by atoms with Gasteiger partial charge in [0.05, 0.1) is 0 Å². The van der Waals surface area contributed by atoms with E-state index in [0.29, 0.717) is 5.82 Å². The maximum Gasteiger partial charge on any atom is 0.303 e. The van der Waals surface area contributed by atoms with Crippen LogP contribution in [0.3, 0.4) is 0 Å². The summed E-state index contributed by atoms with van der Waals surface area (Å²) in [6.07, 6.45) is -3.02. The van der Waals surface area contributed by atoms with E-state index in [2.05, 4.69) is 10.2 Å². The van der Waals surface area contributed by atoms with Gasteiger partial charge in [0, 0.05) is 7.05 Å². The minimum absolute atomic E-state index is 0.303. The number of nitrogens with zero attached hydrogens (tertiary/aromatic N) is 3. The summed E-state index contributed by atoms with van der Waals surface area (Å²) in [4.78, 5) is 10.7. The molecule has 0 amide bonds. The van der Waals surface area contributed by atoms with E-state index in [0.717, 1.165) is 0 Å². The first-order valence-electron chi connectivity index (χ1n) is 3.22. The third-order valence-corrected chi connectivity index (χ3v) is 1.51. The minimum Gasteiger partial charge on any atom is -0.312 e. The van der Waals surface area contributed by atoms with Crippen LogP contribution in [-0.2, 0) is 7.05 Å².